The molecule has 0 saturated carbocycles. The van der Waals surface area contributed by atoms with Crippen molar-refractivity contribution in [1.82, 2.24) is 0 Å². The van der Waals surface area contributed by atoms with E-state index in [-0.39, 0.29) is 13.2 Å². The van der Waals surface area contributed by atoms with E-state index >= 15 is 0 Å². The van der Waals surface area contributed by atoms with Gasteiger partial charge in [-0.1, -0.05) is 37.3 Å². The maximum atomic E-state index is 9.35. The number of benzene rings is 1. The van der Waals surface area contributed by atoms with Gasteiger partial charge in [0.25, 0.3) is 0 Å². The maximum Gasteiger partial charge on any atom is 0.189 e. The molecule has 4 N–H and O–H groups in total. The fourth-order valence-corrected chi connectivity index (χ4v) is 1.58. The second-order valence-electron chi connectivity index (χ2n) is 4.82. The summed E-state index contributed by atoms with van der Waals surface area (Å²) >= 11 is 0. The monoisotopic (exact) mass is 346 g/mol. The lowest BCUT2D eigenvalue weighted by Gasteiger charge is -2.19. The Morgan fingerprint density at radius 1 is 0.750 bits per heavy atom. The van der Waals surface area contributed by atoms with Crippen LogP contribution in [0.1, 0.15) is 18.9 Å². The highest BCUT2D eigenvalue weighted by Crippen LogP contribution is 2.20. The summed E-state index contributed by atoms with van der Waals surface area (Å²) in [5.41, 5.74) is 0.544. The van der Waals surface area contributed by atoms with Crippen LogP contribution in [0.2, 0.25) is 0 Å². The van der Waals surface area contributed by atoms with Crippen LogP contribution in [0.4, 0.5) is 0 Å². The van der Waals surface area contributed by atoms with Crippen LogP contribution in [0.3, 0.4) is 0 Å². The van der Waals surface area contributed by atoms with Crippen LogP contribution in [-0.2, 0) is 20.0 Å². The summed E-state index contributed by atoms with van der Waals surface area (Å²) in [6.07, 6.45) is 0.303. The molecule has 0 radical (unpaired) electrons. The first-order valence-electron chi connectivity index (χ1n) is 8.03. The summed E-state index contributed by atoms with van der Waals surface area (Å²) in [7, 11) is 0. The van der Waals surface area contributed by atoms with Crippen LogP contribution in [0.5, 0.6) is 0 Å². The third kappa shape index (κ3) is 12.4. The third-order valence-corrected chi connectivity index (χ3v) is 2.94. The number of aliphatic hydroxyl groups excluding tert-OH is 2. The highest BCUT2D eigenvalue weighted by molar-refractivity contribution is 5.19. The van der Waals surface area contributed by atoms with Gasteiger partial charge in [0.1, 0.15) is 0 Å². The first-order chi connectivity index (χ1) is 11.6. The van der Waals surface area contributed by atoms with Crippen LogP contribution in [0.15, 0.2) is 30.3 Å². The molecule has 0 saturated heterocycles. The van der Waals surface area contributed by atoms with Gasteiger partial charge in [-0.3, -0.25) is 0 Å². The fraction of sp³-hybridized carbons (Fsp3) is 0.647. The molecule has 0 unspecified atom stereocenters. The molecule has 1 rings (SSSR count). The normalized spacial score (nSPS) is 11.0. The SMILES string of the molecule is CCC(O)(O)c1ccccc1.OCCOCCOCCOCCO. The molecule has 0 bridgehead atoms. The van der Waals surface area contributed by atoms with Crippen molar-refractivity contribution in [2.45, 2.75) is 19.1 Å². The average Bonchev–Trinajstić information content (AvgIpc) is 2.62. The Labute approximate surface area is 143 Å². The van der Waals surface area contributed by atoms with Crippen LogP contribution in [-0.4, -0.2) is 73.3 Å². The largest absolute Gasteiger partial charge is 0.394 e. The Hall–Kier alpha value is -1.06. The first-order valence-corrected chi connectivity index (χ1v) is 8.03. The zero-order valence-corrected chi connectivity index (χ0v) is 14.3. The zero-order valence-electron chi connectivity index (χ0n) is 14.3. The van der Waals surface area contributed by atoms with Gasteiger partial charge >= 0.3 is 0 Å². The predicted octanol–water partition coefficient (Wildman–Crippen LogP) is 0.255. The lowest BCUT2D eigenvalue weighted by molar-refractivity contribution is -0.171. The van der Waals surface area contributed by atoms with Gasteiger partial charge in [0.15, 0.2) is 5.79 Å². The zero-order chi connectivity index (χ0) is 18.1. The van der Waals surface area contributed by atoms with E-state index in [4.69, 9.17) is 24.4 Å². The molecule has 0 fully saturated rings. The van der Waals surface area contributed by atoms with Gasteiger partial charge in [0.05, 0.1) is 52.9 Å². The standard InChI is InChI=1S/C9H12O2.C8H18O5/c1-2-9(10,11)8-6-4-3-5-7-8;9-1-3-11-5-7-13-8-6-12-4-2-10/h3-7,10-11H,2H2,1H3;9-10H,1-8H2. The van der Waals surface area contributed by atoms with E-state index < -0.39 is 5.79 Å². The van der Waals surface area contributed by atoms with Crippen LogP contribution >= 0.6 is 0 Å². The molecule has 7 nitrogen and oxygen atoms in total. The van der Waals surface area contributed by atoms with E-state index in [9.17, 15) is 10.2 Å². The molecule has 0 aromatic heterocycles. The van der Waals surface area contributed by atoms with Crippen molar-refractivity contribution in [2.24, 2.45) is 0 Å². The minimum absolute atomic E-state index is 0.0413. The molecule has 0 amide bonds. The molecular formula is C17H30O7. The molecule has 0 aliphatic rings. The van der Waals surface area contributed by atoms with Gasteiger partial charge in [-0.05, 0) is 0 Å². The van der Waals surface area contributed by atoms with Crippen molar-refractivity contribution >= 4 is 0 Å². The molecule has 0 aliphatic carbocycles. The van der Waals surface area contributed by atoms with Crippen molar-refractivity contribution in [3.63, 3.8) is 0 Å². The third-order valence-electron chi connectivity index (χ3n) is 2.94. The van der Waals surface area contributed by atoms with Crippen molar-refractivity contribution < 1.29 is 34.6 Å². The lowest BCUT2D eigenvalue weighted by atomic mass is 10.0. The highest BCUT2D eigenvalue weighted by atomic mass is 16.5. The Morgan fingerprint density at radius 3 is 1.54 bits per heavy atom. The molecule has 140 valence electrons. The van der Waals surface area contributed by atoms with Crippen LogP contribution in [0, 0.1) is 0 Å². The Morgan fingerprint density at radius 2 is 1.17 bits per heavy atom. The average molecular weight is 346 g/mol. The van der Waals surface area contributed by atoms with Crippen LogP contribution < -0.4 is 0 Å². The minimum Gasteiger partial charge on any atom is -0.394 e. The Balaban J connectivity index is 0.000000446. The van der Waals surface area contributed by atoms with Crippen LogP contribution in [0.25, 0.3) is 0 Å². The Kier molecular flexibility index (Phi) is 14.8. The van der Waals surface area contributed by atoms with Crippen molar-refractivity contribution in [2.75, 3.05) is 52.9 Å². The summed E-state index contributed by atoms with van der Waals surface area (Å²) in [5, 5.41) is 35.4. The van der Waals surface area contributed by atoms with Crippen molar-refractivity contribution in [1.29, 1.82) is 0 Å². The first kappa shape index (κ1) is 22.9. The van der Waals surface area contributed by atoms with Crippen molar-refractivity contribution in [3.05, 3.63) is 35.9 Å². The molecule has 0 heterocycles. The van der Waals surface area contributed by atoms with Gasteiger partial charge in [-0.25, -0.2) is 0 Å². The van der Waals surface area contributed by atoms with E-state index in [1.54, 1.807) is 31.2 Å². The van der Waals surface area contributed by atoms with E-state index in [0.29, 0.717) is 51.6 Å². The second-order valence-corrected chi connectivity index (χ2v) is 4.82. The van der Waals surface area contributed by atoms with Gasteiger partial charge < -0.3 is 34.6 Å². The van der Waals surface area contributed by atoms with E-state index in [1.807, 2.05) is 6.07 Å². The van der Waals surface area contributed by atoms with Crippen molar-refractivity contribution in [3.8, 4) is 0 Å². The molecular weight excluding hydrogens is 316 g/mol. The number of ether oxygens (including phenoxy) is 3. The molecule has 24 heavy (non-hydrogen) atoms. The summed E-state index contributed by atoms with van der Waals surface area (Å²) < 4.78 is 15.0. The molecule has 1 aromatic rings. The number of aliphatic hydroxyl groups is 4. The lowest BCUT2D eigenvalue weighted by Crippen LogP contribution is -2.23. The van der Waals surface area contributed by atoms with E-state index in [0.717, 1.165) is 0 Å². The van der Waals surface area contributed by atoms with Gasteiger partial charge in [-0.2, -0.15) is 0 Å². The highest BCUT2D eigenvalue weighted by Gasteiger charge is 2.21. The summed E-state index contributed by atoms with van der Waals surface area (Å²) in [4.78, 5) is 0. The second kappa shape index (κ2) is 15.5. The summed E-state index contributed by atoms with van der Waals surface area (Å²) in [5.74, 6) is -1.67. The summed E-state index contributed by atoms with van der Waals surface area (Å²) in [6.45, 7) is 4.49. The van der Waals surface area contributed by atoms with E-state index in [2.05, 4.69) is 0 Å². The van der Waals surface area contributed by atoms with Gasteiger partial charge in [0.2, 0.25) is 0 Å². The molecule has 0 atom stereocenters. The smallest absolute Gasteiger partial charge is 0.189 e. The quantitative estimate of drug-likeness (QED) is 0.317. The van der Waals surface area contributed by atoms with Gasteiger partial charge in [0, 0.05) is 12.0 Å². The molecule has 0 aliphatic heterocycles. The topological polar surface area (TPSA) is 109 Å². The predicted molar refractivity (Wildman–Crippen MR) is 89.5 cm³/mol. The molecule has 7 heteroatoms. The van der Waals surface area contributed by atoms with Gasteiger partial charge in [-0.15, -0.1) is 0 Å². The summed E-state index contributed by atoms with van der Waals surface area (Å²) in [6, 6.07) is 8.81. The number of rotatable bonds is 12. The number of hydrogen-bond acceptors (Lipinski definition) is 7. The molecule has 1 aromatic carbocycles. The fourth-order valence-electron chi connectivity index (χ4n) is 1.58. The number of hydrogen-bond donors (Lipinski definition) is 4. The molecule has 0 spiro atoms. The minimum atomic E-state index is -1.67. The maximum absolute atomic E-state index is 9.35. The Bertz CT molecular complexity index is 360. The van der Waals surface area contributed by atoms with E-state index in [1.165, 1.54) is 0 Å².